The fraction of sp³-hybridized carbons (Fsp3) is 0.107. The molecule has 0 amide bonds. The zero-order chi connectivity index (χ0) is 23.9. The van der Waals surface area contributed by atoms with Gasteiger partial charge in [-0.2, -0.15) is 0 Å². The normalized spacial score (nSPS) is 11.9. The van der Waals surface area contributed by atoms with Crippen LogP contribution in [0.1, 0.15) is 16.7 Å². The molecule has 6 nitrogen and oxygen atoms in total. The number of phenolic OH excluding ortho intramolecular Hbond substituents is 3. The van der Waals surface area contributed by atoms with Gasteiger partial charge in [-0.1, -0.05) is 12.1 Å². The summed E-state index contributed by atoms with van der Waals surface area (Å²) in [6.07, 6.45) is 1.82. The lowest BCUT2D eigenvalue weighted by atomic mass is 9.96. The monoisotopic (exact) mass is 450 g/mol. The second kappa shape index (κ2) is 6.78. The number of aromatic nitrogens is 2. The molecule has 6 heteroatoms. The van der Waals surface area contributed by atoms with Gasteiger partial charge in [0.15, 0.2) is 0 Å². The minimum absolute atomic E-state index is 0.138. The molecule has 0 spiro atoms. The number of aryl methyl sites for hydroxylation is 3. The molecule has 0 bridgehead atoms. The second-order valence-corrected chi connectivity index (χ2v) is 9.00. The minimum Gasteiger partial charge on any atom is -0.508 e. The number of fused-ring (bicyclic) bond motifs is 7. The molecule has 3 aromatic carbocycles. The van der Waals surface area contributed by atoms with Crippen molar-refractivity contribution in [2.24, 2.45) is 0 Å². The second-order valence-electron chi connectivity index (χ2n) is 9.00. The van der Waals surface area contributed by atoms with Gasteiger partial charge in [-0.25, -0.2) is 0 Å². The van der Waals surface area contributed by atoms with E-state index in [-0.39, 0.29) is 22.8 Å². The summed E-state index contributed by atoms with van der Waals surface area (Å²) in [7, 11) is 0. The van der Waals surface area contributed by atoms with Gasteiger partial charge in [0.2, 0.25) is 0 Å². The largest absolute Gasteiger partial charge is 0.508 e. The van der Waals surface area contributed by atoms with Crippen LogP contribution in [0.4, 0.5) is 0 Å². The molecule has 168 valence electrons. The molecule has 4 N–H and O–H groups in total. The number of benzene rings is 3. The molecule has 0 fully saturated rings. The Kier molecular flexibility index (Phi) is 4.02. The maximum Gasteiger partial charge on any atom is 0.273 e. The van der Waals surface area contributed by atoms with Gasteiger partial charge in [-0.15, -0.1) is 0 Å². The summed E-state index contributed by atoms with van der Waals surface area (Å²) < 4.78 is 1.86. The summed E-state index contributed by atoms with van der Waals surface area (Å²) in [5.41, 5.74) is 5.28. The molecule has 0 atom stereocenters. The fourth-order valence-corrected chi connectivity index (χ4v) is 4.93. The summed E-state index contributed by atoms with van der Waals surface area (Å²) in [4.78, 5) is 16.4. The van der Waals surface area contributed by atoms with Gasteiger partial charge >= 0.3 is 0 Å². The number of hydrogen-bond acceptors (Lipinski definition) is 4. The van der Waals surface area contributed by atoms with Crippen molar-refractivity contribution in [3.05, 3.63) is 81.8 Å². The summed E-state index contributed by atoms with van der Waals surface area (Å²) in [5, 5.41) is 34.5. The first-order valence-electron chi connectivity index (χ1n) is 11.0. The Morgan fingerprint density at radius 2 is 1.44 bits per heavy atom. The molecule has 34 heavy (non-hydrogen) atoms. The van der Waals surface area contributed by atoms with Gasteiger partial charge in [0, 0.05) is 33.4 Å². The molecule has 6 rings (SSSR count). The summed E-state index contributed by atoms with van der Waals surface area (Å²) >= 11 is 0. The van der Waals surface area contributed by atoms with Gasteiger partial charge in [-0.3, -0.25) is 4.79 Å². The number of hydrogen-bond donors (Lipinski definition) is 4. The summed E-state index contributed by atoms with van der Waals surface area (Å²) in [5.74, 6) is 0.498. The van der Waals surface area contributed by atoms with Crippen LogP contribution >= 0.6 is 0 Å². The van der Waals surface area contributed by atoms with Crippen LogP contribution in [0.25, 0.3) is 49.2 Å². The number of nitrogens with one attached hydrogen (secondary N) is 1. The first kappa shape index (κ1) is 20.2. The molecule has 0 radical (unpaired) electrons. The average Bonchev–Trinajstić information content (AvgIpc) is 3.14. The van der Waals surface area contributed by atoms with E-state index in [4.69, 9.17) is 0 Å². The molecular weight excluding hydrogens is 428 g/mol. The van der Waals surface area contributed by atoms with E-state index in [1.807, 2.05) is 48.7 Å². The number of nitrogens with zero attached hydrogens (tertiary/aromatic N) is 1. The van der Waals surface area contributed by atoms with Gasteiger partial charge < -0.3 is 24.7 Å². The van der Waals surface area contributed by atoms with Crippen LogP contribution in [0.3, 0.4) is 0 Å². The average molecular weight is 450 g/mol. The molecule has 0 aliphatic rings. The molecule has 0 saturated carbocycles. The highest BCUT2D eigenvalue weighted by Gasteiger charge is 2.22. The third kappa shape index (κ3) is 2.65. The lowest BCUT2D eigenvalue weighted by Crippen LogP contribution is -2.08. The first-order valence-corrected chi connectivity index (χ1v) is 11.0. The summed E-state index contributed by atoms with van der Waals surface area (Å²) in [6, 6.07) is 14.4. The number of pyridine rings is 2. The van der Waals surface area contributed by atoms with Gasteiger partial charge in [0.25, 0.3) is 5.56 Å². The minimum atomic E-state index is -0.250. The Morgan fingerprint density at radius 1 is 0.735 bits per heavy atom. The zero-order valence-electron chi connectivity index (χ0n) is 18.9. The lowest BCUT2D eigenvalue weighted by molar-refractivity contribution is 0.471. The molecule has 0 aliphatic carbocycles. The standard InChI is InChI=1S/C28H22N2O4/c1-13-4-5-17(11-21(13)31)24-25-19-12-23(33)15(3)9-20(19)29-28(34)27(25)30-7-6-16-10-22(32)14(2)8-18(16)26(24)30/h4-12,31-33H,1-3H3,(H,29,34). The number of aromatic amines is 1. The third-order valence-electron chi connectivity index (χ3n) is 6.80. The van der Waals surface area contributed by atoms with Crippen LogP contribution in [0.15, 0.2) is 59.5 Å². The van der Waals surface area contributed by atoms with Crippen LogP contribution in [0.5, 0.6) is 17.2 Å². The highest BCUT2D eigenvalue weighted by Crippen LogP contribution is 2.43. The molecule has 0 aliphatic heterocycles. The highest BCUT2D eigenvalue weighted by atomic mass is 16.3. The number of phenols is 3. The van der Waals surface area contributed by atoms with Crippen LogP contribution in [-0.2, 0) is 0 Å². The van der Waals surface area contributed by atoms with E-state index in [9.17, 15) is 20.1 Å². The quantitative estimate of drug-likeness (QED) is 0.255. The van der Waals surface area contributed by atoms with E-state index in [0.29, 0.717) is 27.4 Å². The van der Waals surface area contributed by atoms with E-state index in [1.165, 1.54) is 0 Å². The van der Waals surface area contributed by atoms with Crippen LogP contribution < -0.4 is 5.56 Å². The Labute approximate surface area is 194 Å². The Bertz CT molecular complexity index is 1890. The molecular formula is C28H22N2O4. The lowest BCUT2D eigenvalue weighted by Gasteiger charge is -2.10. The van der Waals surface area contributed by atoms with Crippen molar-refractivity contribution in [3.8, 4) is 28.4 Å². The van der Waals surface area contributed by atoms with Crippen molar-refractivity contribution in [1.29, 1.82) is 0 Å². The van der Waals surface area contributed by atoms with Crippen LogP contribution in [-0.4, -0.2) is 24.7 Å². The first-order chi connectivity index (χ1) is 16.2. The highest BCUT2D eigenvalue weighted by molar-refractivity contribution is 6.22. The maximum absolute atomic E-state index is 13.4. The number of rotatable bonds is 1. The van der Waals surface area contributed by atoms with E-state index < -0.39 is 0 Å². The maximum atomic E-state index is 13.4. The van der Waals surface area contributed by atoms with Gasteiger partial charge in [-0.05, 0) is 84.8 Å². The SMILES string of the molecule is Cc1ccc(-c2c3c4cc(O)c(C)cc4[nH]c(=O)c3n3ccc4cc(O)c(C)cc4c23)cc1O. The van der Waals surface area contributed by atoms with Crippen LogP contribution in [0, 0.1) is 20.8 Å². The molecule has 0 saturated heterocycles. The van der Waals surface area contributed by atoms with Crippen LogP contribution in [0.2, 0.25) is 0 Å². The molecule has 0 unspecified atom stereocenters. The van der Waals surface area contributed by atoms with Crippen molar-refractivity contribution in [1.82, 2.24) is 9.38 Å². The van der Waals surface area contributed by atoms with E-state index >= 15 is 0 Å². The Hall–Kier alpha value is -4.45. The molecule has 3 heterocycles. The van der Waals surface area contributed by atoms with E-state index in [2.05, 4.69) is 4.98 Å². The smallest absolute Gasteiger partial charge is 0.273 e. The summed E-state index contributed by atoms with van der Waals surface area (Å²) in [6.45, 7) is 5.45. The van der Waals surface area contributed by atoms with Crippen molar-refractivity contribution >= 4 is 38.1 Å². The zero-order valence-corrected chi connectivity index (χ0v) is 18.9. The predicted octanol–water partition coefficient (Wildman–Crippen LogP) is 5.80. The van der Waals surface area contributed by atoms with Crippen molar-refractivity contribution in [2.45, 2.75) is 20.8 Å². The Balaban J connectivity index is 1.97. The third-order valence-corrected chi connectivity index (χ3v) is 6.80. The van der Waals surface area contributed by atoms with E-state index in [0.717, 1.165) is 38.5 Å². The van der Waals surface area contributed by atoms with Crippen molar-refractivity contribution < 1.29 is 15.3 Å². The molecule has 3 aromatic heterocycles. The number of aromatic hydroxyl groups is 3. The number of H-pyrrole nitrogens is 1. The molecule has 6 aromatic rings. The van der Waals surface area contributed by atoms with Gasteiger partial charge in [0.1, 0.15) is 22.8 Å². The van der Waals surface area contributed by atoms with Gasteiger partial charge in [0.05, 0.1) is 5.52 Å². The predicted molar refractivity (Wildman–Crippen MR) is 135 cm³/mol. The Morgan fingerprint density at radius 3 is 2.21 bits per heavy atom. The fourth-order valence-electron chi connectivity index (χ4n) is 4.93. The topological polar surface area (TPSA) is 98.0 Å². The van der Waals surface area contributed by atoms with E-state index in [1.54, 1.807) is 31.2 Å². The van der Waals surface area contributed by atoms with Crippen molar-refractivity contribution in [3.63, 3.8) is 0 Å². The van der Waals surface area contributed by atoms with Crippen molar-refractivity contribution in [2.75, 3.05) is 0 Å².